The third-order valence-corrected chi connectivity index (χ3v) is 10.0. The van der Waals surface area contributed by atoms with Gasteiger partial charge in [0.05, 0.1) is 33.0 Å². The van der Waals surface area contributed by atoms with Gasteiger partial charge in [0.25, 0.3) is 0 Å². The molecule has 0 aliphatic carbocycles. The molecule has 1 unspecified atom stereocenters. The Kier molecular flexibility index (Phi) is 17.6. The van der Waals surface area contributed by atoms with E-state index < -0.39 is 92.0 Å². The standard InChI is InChI=1S/C47H53NO15/c1-30(49)54-29-38-40(58-31(2)50)42(63-47(48)52)44(59-32(3)51)46(61-38)62-43-41(56-26-35-20-12-6-13-21-35)39(55-25-34-18-10-5-11-19-34)37(28-53-24-33-16-8-4-9-17-33)60-45(43)57-27-36-22-14-7-15-23-36/h4-23,37-46H,24-29H2,1-3H3,(H2,48,52)/t37-,38+,39+,40+,41-,42-,43-,44-,45?,46+/m0/s1. The number of hydrogen-bond acceptors (Lipinski definition) is 15. The number of esters is 3. The van der Waals surface area contributed by atoms with Gasteiger partial charge in [-0.2, -0.15) is 0 Å². The summed E-state index contributed by atoms with van der Waals surface area (Å²) in [6.45, 7) is 3.50. The number of carbonyl (C=O) groups excluding carboxylic acids is 4. The van der Waals surface area contributed by atoms with Gasteiger partial charge < -0.3 is 57.8 Å². The predicted molar refractivity (Wildman–Crippen MR) is 222 cm³/mol. The highest BCUT2D eigenvalue weighted by atomic mass is 16.8. The second kappa shape index (κ2) is 23.6. The van der Waals surface area contributed by atoms with E-state index in [4.69, 9.17) is 57.8 Å². The highest BCUT2D eigenvalue weighted by molar-refractivity contribution is 5.68. The molecular formula is C47H53NO15. The zero-order valence-corrected chi connectivity index (χ0v) is 35.3. The van der Waals surface area contributed by atoms with Crippen LogP contribution in [-0.4, -0.2) is 98.6 Å². The van der Waals surface area contributed by atoms with E-state index in [1.165, 1.54) is 6.92 Å². The molecule has 2 N–H and O–H groups in total. The minimum absolute atomic E-state index is 0.0382. The van der Waals surface area contributed by atoms with E-state index in [1.54, 1.807) is 0 Å². The molecule has 4 aromatic rings. The summed E-state index contributed by atoms with van der Waals surface area (Å²) in [7, 11) is 0. The van der Waals surface area contributed by atoms with Gasteiger partial charge >= 0.3 is 24.0 Å². The Morgan fingerprint density at radius 1 is 0.460 bits per heavy atom. The third kappa shape index (κ3) is 14.1. The number of amides is 1. The molecule has 63 heavy (non-hydrogen) atoms. The molecule has 2 fully saturated rings. The van der Waals surface area contributed by atoms with Gasteiger partial charge in [0.1, 0.15) is 37.1 Å². The fourth-order valence-electron chi connectivity index (χ4n) is 7.23. The van der Waals surface area contributed by atoms with E-state index in [9.17, 15) is 19.2 Å². The van der Waals surface area contributed by atoms with Crippen LogP contribution in [0.15, 0.2) is 121 Å². The summed E-state index contributed by atoms with van der Waals surface area (Å²) in [4.78, 5) is 49.7. The molecule has 0 spiro atoms. The highest BCUT2D eigenvalue weighted by Crippen LogP contribution is 2.36. The summed E-state index contributed by atoms with van der Waals surface area (Å²) >= 11 is 0. The van der Waals surface area contributed by atoms with Crippen LogP contribution in [0.3, 0.4) is 0 Å². The van der Waals surface area contributed by atoms with Crippen molar-refractivity contribution in [3.05, 3.63) is 144 Å². The Morgan fingerprint density at radius 2 is 0.905 bits per heavy atom. The van der Waals surface area contributed by atoms with Gasteiger partial charge in [0.15, 0.2) is 30.9 Å². The minimum atomic E-state index is -1.65. The van der Waals surface area contributed by atoms with Crippen LogP contribution in [0, 0.1) is 0 Å². The van der Waals surface area contributed by atoms with Gasteiger partial charge in [0.2, 0.25) is 0 Å². The molecule has 2 aliphatic rings. The number of benzene rings is 4. The Bertz CT molecular complexity index is 2030. The van der Waals surface area contributed by atoms with Crippen molar-refractivity contribution in [3.63, 3.8) is 0 Å². The van der Waals surface area contributed by atoms with Gasteiger partial charge in [-0.1, -0.05) is 121 Å². The van der Waals surface area contributed by atoms with Crippen LogP contribution >= 0.6 is 0 Å². The Hall–Kier alpha value is -5.72. The van der Waals surface area contributed by atoms with E-state index in [0.717, 1.165) is 36.1 Å². The van der Waals surface area contributed by atoms with Gasteiger partial charge in [-0.05, 0) is 22.3 Å². The van der Waals surface area contributed by atoms with Crippen LogP contribution in [0.5, 0.6) is 0 Å². The molecule has 4 aromatic carbocycles. The normalized spacial score (nSPS) is 25.6. The predicted octanol–water partition coefficient (Wildman–Crippen LogP) is 5.32. The average molecular weight is 872 g/mol. The smallest absolute Gasteiger partial charge is 0.405 e. The number of ether oxygens (including phenoxy) is 11. The molecule has 336 valence electrons. The van der Waals surface area contributed by atoms with Gasteiger partial charge in [-0.3, -0.25) is 14.4 Å². The molecule has 2 aliphatic heterocycles. The van der Waals surface area contributed by atoms with E-state index in [2.05, 4.69) is 0 Å². The Balaban J connectivity index is 1.43. The van der Waals surface area contributed by atoms with Crippen molar-refractivity contribution in [2.45, 2.75) is 109 Å². The monoisotopic (exact) mass is 871 g/mol. The fraction of sp³-hybridized carbons (Fsp3) is 0.404. The zero-order valence-electron chi connectivity index (χ0n) is 35.3. The molecule has 1 amide bonds. The van der Waals surface area contributed by atoms with Gasteiger partial charge in [-0.15, -0.1) is 0 Å². The first-order valence-electron chi connectivity index (χ1n) is 20.5. The highest BCUT2D eigenvalue weighted by Gasteiger charge is 2.57. The topological polar surface area (TPSA) is 196 Å². The van der Waals surface area contributed by atoms with Crippen LogP contribution in [-0.2, 0) is 92.9 Å². The molecule has 16 heteroatoms. The summed E-state index contributed by atoms with van der Waals surface area (Å²) in [6.07, 6.45) is -14.3. The van der Waals surface area contributed by atoms with E-state index in [-0.39, 0.29) is 33.0 Å². The number of hydrogen-bond donors (Lipinski definition) is 1. The summed E-state index contributed by atoms with van der Waals surface area (Å²) < 4.78 is 68.5. The lowest BCUT2D eigenvalue weighted by Crippen LogP contribution is -2.67. The second-order valence-electron chi connectivity index (χ2n) is 14.9. The summed E-state index contributed by atoms with van der Waals surface area (Å²) in [5.41, 5.74) is 8.99. The molecule has 16 nitrogen and oxygen atoms in total. The van der Waals surface area contributed by atoms with Gasteiger partial charge in [-0.25, -0.2) is 4.79 Å². The summed E-state index contributed by atoms with van der Waals surface area (Å²) in [5, 5.41) is 0. The van der Waals surface area contributed by atoms with Crippen LogP contribution in [0.1, 0.15) is 43.0 Å². The molecule has 0 saturated carbocycles. The van der Waals surface area contributed by atoms with Crippen LogP contribution < -0.4 is 5.73 Å². The lowest BCUT2D eigenvalue weighted by Gasteiger charge is -2.49. The van der Waals surface area contributed by atoms with Gasteiger partial charge in [0, 0.05) is 20.8 Å². The maximum atomic E-state index is 12.8. The quantitative estimate of drug-likeness (QED) is 0.0885. The molecular weight excluding hydrogens is 819 g/mol. The molecule has 0 aromatic heterocycles. The van der Waals surface area contributed by atoms with E-state index >= 15 is 0 Å². The minimum Gasteiger partial charge on any atom is -0.463 e. The maximum absolute atomic E-state index is 12.8. The number of nitrogens with two attached hydrogens (primary N) is 1. The molecule has 10 atom stereocenters. The van der Waals surface area contributed by atoms with Crippen molar-refractivity contribution in [1.82, 2.24) is 0 Å². The Labute approximate surface area is 365 Å². The summed E-state index contributed by atoms with van der Waals surface area (Å²) in [6, 6.07) is 38.1. The second-order valence-corrected chi connectivity index (χ2v) is 14.9. The van der Waals surface area contributed by atoms with Crippen LogP contribution in [0.25, 0.3) is 0 Å². The van der Waals surface area contributed by atoms with Crippen molar-refractivity contribution in [3.8, 4) is 0 Å². The van der Waals surface area contributed by atoms with Crippen LogP contribution in [0.2, 0.25) is 0 Å². The molecule has 2 saturated heterocycles. The van der Waals surface area contributed by atoms with Crippen molar-refractivity contribution < 1.29 is 71.3 Å². The third-order valence-electron chi connectivity index (χ3n) is 10.0. The Morgan fingerprint density at radius 3 is 1.40 bits per heavy atom. The molecule has 0 radical (unpaired) electrons. The van der Waals surface area contributed by atoms with E-state index in [1.807, 2.05) is 121 Å². The largest absolute Gasteiger partial charge is 0.463 e. The molecule has 0 bridgehead atoms. The summed E-state index contributed by atoms with van der Waals surface area (Å²) in [5.74, 6) is -2.32. The average Bonchev–Trinajstić information content (AvgIpc) is 3.27. The van der Waals surface area contributed by atoms with Crippen molar-refractivity contribution in [1.29, 1.82) is 0 Å². The molecule has 2 heterocycles. The first-order valence-corrected chi connectivity index (χ1v) is 20.5. The van der Waals surface area contributed by atoms with Crippen molar-refractivity contribution in [2.75, 3.05) is 13.2 Å². The van der Waals surface area contributed by atoms with E-state index in [0.29, 0.717) is 0 Å². The van der Waals surface area contributed by atoms with Crippen molar-refractivity contribution in [2.24, 2.45) is 5.73 Å². The first kappa shape index (κ1) is 46.8. The molecule has 6 rings (SSSR count). The lowest BCUT2D eigenvalue weighted by atomic mass is 9.96. The van der Waals surface area contributed by atoms with Crippen molar-refractivity contribution >= 4 is 24.0 Å². The fourth-order valence-corrected chi connectivity index (χ4v) is 7.23. The van der Waals surface area contributed by atoms with Crippen LogP contribution in [0.4, 0.5) is 4.79 Å². The first-order chi connectivity index (χ1) is 30.5. The number of carbonyl (C=O) groups is 4. The maximum Gasteiger partial charge on any atom is 0.405 e. The number of primary amides is 1. The zero-order chi connectivity index (χ0) is 44.6. The SMILES string of the molecule is CC(=O)OC[C@H]1O[C@H](O[C@@H]2C(OCc3ccccc3)O[C@@H](COCc3ccccc3)[C@@H](OCc3ccccc3)[C@@H]2OCc2ccccc2)[C@@H](OC(C)=O)[C@@H](OC(N)=O)[C@@H]1OC(C)=O. The lowest BCUT2D eigenvalue weighted by molar-refractivity contribution is -0.376. The number of rotatable bonds is 20.